The minimum absolute atomic E-state index is 0.104. The van der Waals surface area contributed by atoms with E-state index >= 15 is 0 Å². The number of piperidine rings is 1. The van der Waals surface area contributed by atoms with Crippen LogP contribution >= 0.6 is 0 Å². The average molecular weight is 725 g/mol. The fourth-order valence-electron chi connectivity index (χ4n) is 7.45. The zero-order valence-electron chi connectivity index (χ0n) is 30.1. The van der Waals surface area contributed by atoms with E-state index in [2.05, 4.69) is 10.2 Å². The molecule has 1 aromatic carbocycles. The number of rotatable bonds is 6. The Kier molecular flexibility index (Phi) is 11.1. The molecule has 2 amide bonds. The van der Waals surface area contributed by atoms with Crippen LogP contribution in [0.3, 0.4) is 0 Å². The number of methoxy groups -OCH3 is 4. The van der Waals surface area contributed by atoms with Gasteiger partial charge in [-0.1, -0.05) is 0 Å². The second-order valence-corrected chi connectivity index (χ2v) is 15.5. The highest BCUT2D eigenvalue weighted by molar-refractivity contribution is 7.88. The van der Waals surface area contributed by atoms with Gasteiger partial charge in [0.2, 0.25) is 27.6 Å². The second-order valence-electron chi connectivity index (χ2n) is 13.5. The zero-order chi connectivity index (χ0) is 36.3. The van der Waals surface area contributed by atoms with Crippen LogP contribution in [0.5, 0.6) is 23.1 Å². The minimum atomic E-state index is -3.64. The maximum Gasteiger partial charge on any atom is 0.259 e. The van der Waals surface area contributed by atoms with Gasteiger partial charge in [-0.3, -0.25) is 9.59 Å². The van der Waals surface area contributed by atoms with E-state index in [1.54, 1.807) is 26.2 Å². The minimum Gasteiger partial charge on any atom is -0.493 e. The van der Waals surface area contributed by atoms with Gasteiger partial charge in [0.25, 0.3) is 5.91 Å². The maximum absolute atomic E-state index is 14.6. The third-order valence-electron chi connectivity index (χ3n) is 10.0. The summed E-state index contributed by atoms with van der Waals surface area (Å²) in [5.41, 5.74) is 3.85. The van der Waals surface area contributed by atoms with Gasteiger partial charge in [0.15, 0.2) is 11.5 Å². The van der Waals surface area contributed by atoms with Crippen molar-refractivity contribution in [1.29, 1.82) is 0 Å². The molecule has 15 heteroatoms. The first kappa shape index (κ1) is 36.4. The molecule has 2 aromatic heterocycles. The first-order valence-corrected chi connectivity index (χ1v) is 19.3. The summed E-state index contributed by atoms with van der Waals surface area (Å²) in [6.45, 7) is 2.18. The molecule has 0 spiro atoms. The van der Waals surface area contributed by atoms with Crippen molar-refractivity contribution in [3.05, 3.63) is 40.6 Å². The number of sulfonamides is 1. The molecule has 1 aliphatic carbocycles. The number of carbonyl (C=O) groups excluding carboxylic acids is 2. The topological polar surface area (TPSA) is 153 Å². The molecule has 1 N–H and O–H groups in total. The SMILES string of the molecule is COc1cc2nc3c(cc2c(OC)c1OC)CN(C(=O)c1cc2c(nc1OC)CCC2)CCCCN(S(C)(=O)=O)CC(=O)NCC1CCCN3C1. The quantitative estimate of drug-likeness (QED) is 0.399. The summed E-state index contributed by atoms with van der Waals surface area (Å²) >= 11 is 0. The van der Waals surface area contributed by atoms with E-state index in [-0.39, 0.29) is 43.2 Å². The molecule has 14 nitrogen and oxygen atoms in total. The molecule has 2 aliphatic heterocycles. The Labute approximate surface area is 299 Å². The first-order chi connectivity index (χ1) is 24.5. The summed E-state index contributed by atoms with van der Waals surface area (Å²) in [7, 11) is 2.58. The van der Waals surface area contributed by atoms with E-state index in [0.717, 1.165) is 67.5 Å². The number of amides is 2. The van der Waals surface area contributed by atoms with Gasteiger partial charge in [-0.05, 0) is 68.6 Å². The molecule has 3 aromatic rings. The third kappa shape index (κ3) is 7.78. The lowest BCUT2D eigenvalue weighted by Crippen LogP contribution is -2.45. The average Bonchev–Trinajstić information content (AvgIpc) is 3.59. The zero-order valence-corrected chi connectivity index (χ0v) is 30.9. The Morgan fingerprint density at radius 1 is 0.863 bits per heavy atom. The van der Waals surface area contributed by atoms with Crippen LogP contribution in [-0.4, -0.2) is 113 Å². The Morgan fingerprint density at radius 3 is 2.37 bits per heavy atom. The number of nitrogens with zero attached hydrogens (tertiary/aromatic N) is 5. The highest BCUT2D eigenvalue weighted by Crippen LogP contribution is 2.44. The van der Waals surface area contributed by atoms with E-state index in [9.17, 15) is 18.0 Å². The van der Waals surface area contributed by atoms with Crippen molar-refractivity contribution < 1.29 is 37.0 Å². The largest absolute Gasteiger partial charge is 0.493 e. The van der Waals surface area contributed by atoms with Crippen LogP contribution in [0.1, 0.15) is 59.3 Å². The van der Waals surface area contributed by atoms with Crippen molar-refractivity contribution in [2.24, 2.45) is 5.92 Å². The van der Waals surface area contributed by atoms with E-state index < -0.39 is 10.0 Å². The molecule has 1 unspecified atom stereocenters. The fourth-order valence-corrected chi connectivity index (χ4v) is 8.27. The molecule has 276 valence electrons. The van der Waals surface area contributed by atoms with Gasteiger partial charge in [0, 0.05) is 62.0 Å². The number of hydrogen-bond acceptors (Lipinski definition) is 11. The molecular formula is C36H48N6O8S. The van der Waals surface area contributed by atoms with Crippen LogP contribution in [0.2, 0.25) is 0 Å². The lowest BCUT2D eigenvalue weighted by molar-refractivity contribution is -0.121. The molecule has 2 bridgehead atoms. The molecular weight excluding hydrogens is 676 g/mol. The number of aromatic nitrogens is 2. The lowest BCUT2D eigenvalue weighted by Gasteiger charge is -2.36. The van der Waals surface area contributed by atoms with Gasteiger partial charge < -0.3 is 34.1 Å². The van der Waals surface area contributed by atoms with Crippen molar-refractivity contribution in [2.45, 2.75) is 51.5 Å². The molecule has 0 saturated carbocycles. The molecule has 1 saturated heterocycles. The molecule has 3 aliphatic rings. The smallest absolute Gasteiger partial charge is 0.259 e. The Hall–Kier alpha value is -4.37. The summed E-state index contributed by atoms with van der Waals surface area (Å²) in [5, 5.41) is 3.68. The van der Waals surface area contributed by atoms with Crippen molar-refractivity contribution in [1.82, 2.24) is 24.5 Å². The predicted octanol–water partition coefficient (Wildman–Crippen LogP) is 3.18. The Balaban J connectivity index is 1.48. The van der Waals surface area contributed by atoms with Crippen LogP contribution in [0.25, 0.3) is 10.9 Å². The number of benzene rings is 1. The van der Waals surface area contributed by atoms with E-state index in [1.807, 2.05) is 18.2 Å². The normalized spacial score (nSPS) is 19.2. The van der Waals surface area contributed by atoms with Crippen molar-refractivity contribution in [2.75, 3.05) is 78.9 Å². The number of nitrogens with one attached hydrogen (secondary N) is 1. The monoisotopic (exact) mass is 724 g/mol. The van der Waals surface area contributed by atoms with Crippen LogP contribution in [0.15, 0.2) is 18.2 Å². The summed E-state index contributed by atoms with van der Waals surface area (Å²) < 4.78 is 49.4. The molecule has 1 atom stereocenters. The number of fused-ring (bicyclic) bond motifs is 6. The summed E-state index contributed by atoms with van der Waals surface area (Å²) in [4.78, 5) is 41.5. The van der Waals surface area contributed by atoms with Crippen molar-refractivity contribution >= 4 is 38.6 Å². The predicted molar refractivity (Wildman–Crippen MR) is 193 cm³/mol. The van der Waals surface area contributed by atoms with Gasteiger partial charge in [-0.15, -0.1) is 0 Å². The fraction of sp³-hybridized carbons (Fsp3) is 0.556. The lowest BCUT2D eigenvalue weighted by atomic mass is 9.97. The second kappa shape index (κ2) is 15.5. The Morgan fingerprint density at radius 2 is 1.65 bits per heavy atom. The Bertz CT molecular complexity index is 1900. The maximum atomic E-state index is 14.6. The molecule has 0 radical (unpaired) electrons. The van der Waals surface area contributed by atoms with Gasteiger partial charge in [-0.25, -0.2) is 18.4 Å². The third-order valence-corrected chi connectivity index (χ3v) is 11.3. The first-order valence-electron chi connectivity index (χ1n) is 17.5. The molecule has 6 rings (SSSR count). The summed E-state index contributed by atoms with van der Waals surface area (Å²) in [5.74, 6) is 1.94. The molecule has 4 heterocycles. The van der Waals surface area contributed by atoms with Gasteiger partial charge in [-0.2, -0.15) is 4.31 Å². The highest BCUT2D eigenvalue weighted by Gasteiger charge is 2.30. The number of anilines is 1. The summed E-state index contributed by atoms with van der Waals surface area (Å²) in [6, 6.07) is 5.75. The van der Waals surface area contributed by atoms with Crippen molar-refractivity contribution in [3.63, 3.8) is 0 Å². The number of aryl methyl sites for hydroxylation is 2. The molecule has 51 heavy (non-hydrogen) atoms. The summed E-state index contributed by atoms with van der Waals surface area (Å²) in [6.07, 6.45) is 6.46. The van der Waals surface area contributed by atoms with E-state index in [0.29, 0.717) is 66.2 Å². The standard InChI is InChI=1S/C36H48N6O8S/c1-47-30-18-29-26(32(48-2)33(30)49-3)17-25-21-41(36(44)27-16-24-11-8-12-28(24)39-35(27)50-4)13-6-7-15-42(51(5,45)46)22-31(43)37-19-23-10-9-14-40(20-23)34(25)38-29/h16-18,23H,6-15,19-22H2,1-5H3,(H,37,43). The number of carbonyl (C=O) groups is 2. The van der Waals surface area contributed by atoms with E-state index in [1.165, 1.54) is 11.4 Å². The van der Waals surface area contributed by atoms with Gasteiger partial charge in [0.05, 0.1) is 46.8 Å². The van der Waals surface area contributed by atoms with Crippen molar-refractivity contribution in [3.8, 4) is 23.1 Å². The highest BCUT2D eigenvalue weighted by atomic mass is 32.2. The van der Waals surface area contributed by atoms with Gasteiger partial charge in [0.1, 0.15) is 11.4 Å². The van der Waals surface area contributed by atoms with Crippen LogP contribution in [0, 0.1) is 5.92 Å². The van der Waals surface area contributed by atoms with Gasteiger partial charge >= 0.3 is 0 Å². The van der Waals surface area contributed by atoms with Crippen LogP contribution in [0.4, 0.5) is 5.82 Å². The molecule has 1 fully saturated rings. The number of hydrogen-bond donors (Lipinski definition) is 1. The number of ether oxygens (including phenoxy) is 4. The number of pyridine rings is 2. The van der Waals surface area contributed by atoms with Crippen LogP contribution < -0.4 is 29.2 Å². The van der Waals surface area contributed by atoms with Crippen LogP contribution in [-0.2, 0) is 34.2 Å². The van der Waals surface area contributed by atoms with E-state index in [4.69, 9.17) is 28.9 Å².